The third-order valence-corrected chi connectivity index (χ3v) is 4.33. The molecule has 0 aliphatic heterocycles. The van der Waals surface area contributed by atoms with E-state index in [4.69, 9.17) is 0 Å². The van der Waals surface area contributed by atoms with Crippen LogP contribution in [0, 0.1) is 6.92 Å². The maximum absolute atomic E-state index is 10.5. The molecule has 3 rings (SSSR count). The van der Waals surface area contributed by atoms with Gasteiger partial charge in [-0.05, 0) is 46.5 Å². The van der Waals surface area contributed by atoms with Crippen molar-refractivity contribution in [3.8, 4) is 0 Å². The lowest BCUT2D eigenvalue weighted by molar-refractivity contribution is 0.178. The monoisotopic (exact) mass is 340 g/mol. The van der Waals surface area contributed by atoms with Crippen molar-refractivity contribution in [2.45, 2.75) is 19.4 Å². The average Bonchev–Trinajstić information content (AvgIpc) is 2.47. The van der Waals surface area contributed by atoms with E-state index in [1.807, 2.05) is 37.3 Å². The molecular weight excluding hydrogens is 324 g/mol. The van der Waals surface area contributed by atoms with E-state index in [0.29, 0.717) is 6.42 Å². The molecule has 1 nitrogen and oxygen atoms in total. The van der Waals surface area contributed by atoms with Crippen molar-refractivity contribution in [2.24, 2.45) is 0 Å². The third kappa shape index (κ3) is 3.17. The fraction of sp³-hybridized carbons (Fsp3) is 0.158. The molecule has 0 saturated carbocycles. The molecule has 3 aromatic carbocycles. The smallest absolute Gasteiger partial charge is 0.0832 e. The highest BCUT2D eigenvalue weighted by atomic mass is 79.9. The number of aliphatic hydroxyl groups is 1. The number of hydrogen-bond donors (Lipinski definition) is 1. The molecule has 0 bridgehead atoms. The number of fused-ring (bicyclic) bond motifs is 1. The summed E-state index contributed by atoms with van der Waals surface area (Å²) < 4.78 is 1.04. The summed E-state index contributed by atoms with van der Waals surface area (Å²) in [6.45, 7) is 2.03. The molecule has 1 unspecified atom stereocenters. The molecule has 0 aliphatic carbocycles. The van der Waals surface area contributed by atoms with E-state index in [-0.39, 0.29) is 0 Å². The molecule has 0 amide bonds. The lowest BCUT2D eigenvalue weighted by Gasteiger charge is -2.14. The minimum absolute atomic E-state index is 0.473. The molecule has 0 aromatic heterocycles. The number of aliphatic hydroxyl groups excluding tert-OH is 1. The zero-order valence-corrected chi connectivity index (χ0v) is 13.5. The fourth-order valence-corrected chi connectivity index (χ4v) is 3.19. The van der Waals surface area contributed by atoms with Crippen molar-refractivity contribution in [1.82, 2.24) is 0 Å². The van der Waals surface area contributed by atoms with E-state index in [1.54, 1.807) is 0 Å². The van der Waals surface area contributed by atoms with Gasteiger partial charge in [0.05, 0.1) is 6.10 Å². The van der Waals surface area contributed by atoms with Crippen LogP contribution in [0.25, 0.3) is 10.8 Å². The second-order valence-electron chi connectivity index (χ2n) is 5.40. The van der Waals surface area contributed by atoms with Gasteiger partial charge in [-0.1, -0.05) is 64.5 Å². The Morgan fingerprint density at radius 1 is 0.952 bits per heavy atom. The second kappa shape index (κ2) is 6.00. The lowest BCUT2D eigenvalue weighted by Crippen LogP contribution is -2.03. The van der Waals surface area contributed by atoms with Crippen molar-refractivity contribution in [2.75, 3.05) is 0 Å². The van der Waals surface area contributed by atoms with E-state index < -0.39 is 6.10 Å². The number of benzene rings is 3. The number of rotatable bonds is 3. The van der Waals surface area contributed by atoms with Crippen LogP contribution in [-0.2, 0) is 6.42 Å². The molecule has 21 heavy (non-hydrogen) atoms. The molecule has 0 heterocycles. The Labute approximate surface area is 133 Å². The first kappa shape index (κ1) is 14.3. The molecule has 0 fully saturated rings. The maximum atomic E-state index is 10.5. The van der Waals surface area contributed by atoms with Gasteiger partial charge in [0.15, 0.2) is 0 Å². The van der Waals surface area contributed by atoms with Crippen LogP contribution in [0.2, 0.25) is 0 Å². The molecule has 0 saturated heterocycles. The van der Waals surface area contributed by atoms with Gasteiger partial charge in [0.2, 0.25) is 0 Å². The summed E-state index contributed by atoms with van der Waals surface area (Å²) in [5, 5.41) is 13.0. The Balaban J connectivity index is 1.87. The molecule has 0 spiro atoms. The lowest BCUT2D eigenvalue weighted by atomic mass is 9.96. The highest BCUT2D eigenvalue weighted by Gasteiger charge is 2.11. The minimum atomic E-state index is -0.473. The molecule has 1 atom stereocenters. The van der Waals surface area contributed by atoms with Crippen molar-refractivity contribution >= 4 is 26.7 Å². The number of hydrogen-bond acceptors (Lipinski definition) is 1. The molecule has 3 aromatic rings. The topological polar surface area (TPSA) is 20.2 Å². The van der Waals surface area contributed by atoms with Gasteiger partial charge < -0.3 is 5.11 Å². The standard InChI is InChI=1S/C19H17BrO/c1-13-10-17(20)8-9-18(13)19(21)12-14-6-7-15-4-2-3-5-16(15)11-14/h2-11,19,21H,12H2,1H3. The van der Waals surface area contributed by atoms with Gasteiger partial charge in [-0.15, -0.1) is 0 Å². The van der Waals surface area contributed by atoms with Crippen molar-refractivity contribution < 1.29 is 5.11 Å². The first-order valence-corrected chi connectivity index (χ1v) is 7.84. The summed E-state index contributed by atoms with van der Waals surface area (Å²) in [6, 6.07) is 20.7. The Kier molecular flexibility index (Phi) is 4.09. The summed E-state index contributed by atoms with van der Waals surface area (Å²) in [7, 11) is 0. The minimum Gasteiger partial charge on any atom is -0.388 e. The molecule has 1 N–H and O–H groups in total. The normalized spacial score (nSPS) is 12.5. The van der Waals surface area contributed by atoms with Crippen LogP contribution >= 0.6 is 15.9 Å². The zero-order valence-electron chi connectivity index (χ0n) is 11.9. The van der Waals surface area contributed by atoms with E-state index in [1.165, 1.54) is 10.8 Å². The van der Waals surface area contributed by atoms with Crippen molar-refractivity contribution in [3.63, 3.8) is 0 Å². The van der Waals surface area contributed by atoms with E-state index in [0.717, 1.165) is 21.2 Å². The fourth-order valence-electron chi connectivity index (χ4n) is 2.71. The van der Waals surface area contributed by atoms with Crippen LogP contribution in [0.1, 0.15) is 22.8 Å². The maximum Gasteiger partial charge on any atom is 0.0832 e. The third-order valence-electron chi connectivity index (χ3n) is 3.83. The van der Waals surface area contributed by atoms with Crippen LogP contribution in [0.3, 0.4) is 0 Å². The predicted octanol–water partition coefficient (Wildman–Crippen LogP) is 5.19. The highest BCUT2D eigenvalue weighted by molar-refractivity contribution is 9.10. The van der Waals surface area contributed by atoms with E-state index in [2.05, 4.69) is 46.3 Å². The molecular formula is C19H17BrO. The summed E-state index contributed by atoms with van der Waals surface area (Å²) in [5.74, 6) is 0. The van der Waals surface area contributed by atoms with Gasteiger partial charge in [-0.2, -0.15) is 0 Å². The van der Waals surface area contributed by atoms with Crippen LogP contribution in [0.5, 0.6) is 0 Å². The quantitative estimate of drug-likeness (QED) is 0.695. The van der Waals surface area contributed by atoms with Gasteiger partial charge >= 0.3 is 0 Å². The van der Waals surface area contributed by atoms with Gasteiger partial charge in [-0.25, -0.2) is 0 Å². The van der Waals surface area contributed by atoms with Gasteiger partial charge in [0.25, 0.3) is 0 Å². The first-order chi connectivity index (χ1) is 10.1. The molecule has 0 aliphatic rings. The van der Waals surface area contributed by atoms with E-state index in [9.17, 15) is 5.11 Å². The van der Waals surface area contributed by atoms with Gasteiger partial charge in [0, 0.05) is 10.9 Å². The zero-order chi connectivity index (χ0) is 14.8. The second-order valence-corrected chi connectivity index (χ2v) is 6.32. The Hall–Kier alpha value is -1.64. The van der Waals surface area contributed by atoms with E-state index >= 15 is 0 Å². The largest absolute Gasteiger partial charge is 0.388 e. The van der Waals surface area contributed by atoms with Gasteiger partial charge in [-0.3, -0.25) is 0 Å². The molecule has 106 valence electrons. The van der Waals surface area contributed by atoms with Crippen LogP contribution in [0.15, 0.2) is 65.1 Å². The Bertz CT molecular complexity index is 779. The number of aryl methyl sites for hydroxylation is 1. The Morgan fingerprint density at radius 2 is 1.71 bits per heavy atom. The average molecular weight is 341 g/mol. The van der Waals surface area contributed by atoms with Gasteiger partial charge in [0.1, 0.15) is 0 Å². The highest BCUT2D eigenvalue weighted by Crippen LogP contribution is 2.25. The summed E-state index contributed by atoms with van der Waals surface area (Å²) in [5.41, 5.74) is 3.26. The first-order valence-electron chi connectivity index (χ1n) is 7.05. The van der Waals surface area contributed by atoms with Crippen LogP contribution < -0.4 is 0 Å². The Morgan fingerprint density at radius 3 is 2.48 bits per heavy atom. The number of halogens is 1. The van der Waals surface area contributed by atoms with Crippen molar-refractivity contribution in [3.05, 3.63) is 81.8 Å². The van der Waals surface area contributed by atoms with Crippen molar-refractivity contribution in [1.29, 1.82) is 0 Å². The van der Waals surface area contributed by atoms with Crippen LogP contribution in [0.4, 0.5) is 0 Å². The summed E-state index contributed by atoms with van der Waals surface area (Å²) in [4.78, 5) is 0. The summed E-state index contributed by atoms with van der Waals surface area (Å²) in [6.07, 6.45) is 0.159. The molecule has 0 radical (unpaired) electrons. The molecule has 2 heteroatoms. The SMILES string of the molecule is Cc1cc(Br)ccc1C(O)Cc1ccc2ccccc2c1. The summed E-state index contributed by atoms with van der Waals surface area (Å²) >= 11 is 3.46. The van der Waals surface area contributed by atoms with Crippen LogP contribution in [-0.4, -0.2) is 5.11 Å². The predicted molar refractivity (Wildman–Crippen MR) is 91.5 cm³/mol.